The second-order valence-electron chi connectivity index (χ2n) is 4.98. The molecule has 0 aromatic carbocycles. The van der Waals surface area contributed by atoms with Gasteiger partial charge < -0.3 is 24.8 Å². The van der Waals surface area contributed by atoms with E-state index in [1.54, 1.807) is 11.1 Å². The summed E-state index contributed by atoms with van der Waals surface area (Å²) in [4.78, 5) is 0. The number of halogens is 2. The Hall–Kier alpha value is 0.410. The molecule has 0 N–H and O–H groups in total. The molecule has 0 spiro atoms. The predicted molar refractivity (Wildman–Crippen MR) is 63.3 cm³/mol. The smallest absolute Gasteiger partial charge is 0 e. The van der Waals surface area contributed by atoms with Gasteiger partial charge in [0.15, 0.2) is 0 Å². The zero-order chi connectivity index (χ0) is 10.6. The molecule has 0 radical (unpaired) electrons. The summed E-state index contributed by atoms with van der Waals surface area (Å²) < 4.78 is 0. The molecule has 0 saturated carbocycles. The first-order valence-electron chi connectivity index (χ1n) is 5.94. The topological polar surface area (TPSA) is 0 Å². The van der Waals surface area contributed by atoms with E-state index in [0.717, 1.165) is 0 Å². The van der Waals surface area contributed by atoms with E-state index in [1.807, 2.05) is 0 Å². The van der Waals surface area contributed by atoms with Gasteiger partial charge in [-0.25, -0.2) is 6.08 Å². The summed E-state index contributed by atoms with van der Waals surface area (Å²) in [5.41, 5.74) is 9.11. The van der Waals surface area contributed by atoms with Crippen molar-refractivity contribution in [1.29, 1.82) is 0 Å². The Morgan fingerprint density at radius 1 is 1.17 bits per heavy atom. The van der Waals surface area contributed by atoms with E-state index in [-0.39, 0.29) is 50.7 Å². The van der Waals surface area contributed by atoms with Crippen LogP contribution in [0, 0.1) is 12.0 Å². The summed E-state index contributed by atoms with van der Waals surface area (Å²) in [5, 5.41) is 0. The minimum absolute atomic E-state index is 0. The van der Waals surface area contributed by atoms with Crippen LogP contribution in [-0.2, 0) is 25.8 Å². The number of fused-ring (bicyclic) bond motifs is 1. The van der Waals surface area contributed by atoms with E-state index in [9.17, 15) is 0 Å². The normalized spacial score (nSPS) is 24.3. The van der Waals surface area contributed by atoms with Crippen molar-refractivity contribution in [1.82, 2.24) is 0 Å². The van der Waals surface area contributed by atoms with Crippen molar-refractivity contribution in [3.05, 3.63) is 45.6 Å². The molecule has 1 atom stereocenters. The van der Waals surface area contributed by atoms with Crippen LogP contribution in [0.5, 0.6) is 0 Å². The average Bonchev–Trinajstić information content (AvgIpc) is 2.79. The van der Waals surface area contributed by atoms with E-state index in [2.05, 4.69) is 32.9 Å². The molecule has 3 aliphatic rings. The zero-order valence-corrected chi connectivity index (χ0v) is 16.1. The molecule has 0 fully saturated rings. The fourth-order valence-corrected chi connectivity index (χ4v) is 3.27. The molecule has 0 aromatic rings. The third-order valence-corrected chi connectivity index (χ3v) is 4.06. The van der Waals surface area contributed by atoms with Gasteiger partial charge in [0.1, 0.15) is 0 Å². The van der Waals surface area contributed by atoms with Gasteiger partial charge in [-0.3, -0.25) is 0 Å². The van der Waals surface area contributed by atoms with Crippen LogP contribution in [0.3, 0.4) is 0 Å². The number of hydrogen-bond acceptors (Lipinski definition) is 0. The summed E-state index contributed by atoms with van der Waals surface area (Å²) in [6, 6.07) is 0. The minimum atomic E-state index is 0. The van der Waals surface area contributed by atoms with Gasteiger partial charge in [-0.15, -0.1) is 5.57 Å². The summed E-state index contributed by atoms with van der Waals surface area (Å²) in [7, 11) is 0. The van der Waals surface area contributed by atoms with Gasteiger partial charge in [0.2, 0.25) is 0 Å². The van der Waals surface area contributed by atoms with Crippen LogP contribution in [0.15, 0.2) is 39.5 Å². The maximum absolute atomic E-state index is 3.53. The second-order valence-corrected chi connectivity index (χ2v) is 4.98. The Balaban J connectivity index is 0.000000963. The van der Waals surface area contributed by atoms with E-state index in [1.165, 1.54) is 41.6 Å². The van der Waals surface area contributed by atoms with Crippen LogP contribution < -0.4 is 24.8 Å². The molecule has 3 aliphatic carbocycles. The third kappa shape index (κ3) is 2.64. The molecule has 0 saturated heterocycles. The van der Waals surface area contributed by atoms with Crippen molar-refractivity contribution in [3.63, 3.8) is 0 Å². The summed E-state index contributed by atoms with van der Waals surface area (Å²) >= 11 is 0. The van der Waals surface area contributed by atoms with Crippen molar-refractivity contribution in [2.24, 2.45) is 5.92 Å². The minimum Gasteiger partial charge on any atom is -1.00 e. The molecule has 0 bridgehead atoms. The van der Waals surface area contributed by atoms with Gasteiger partial charge in [-0.05, 0) is 25.2 Å². The van der Waals surface area contributed by atoms with Gasteiger partial charge >= 0.3 is 0 Å². The first-order valence-corrected chi connectivity index (χ1v) is 5.94. The predicted octanol–water partition coefficient (Wildman–Crippen LogP) is -1.87. The van der Waals surface area contributed by atoms with Crippen LogP contribution in [0.25, 0.3) is 0 Å². The van der Waals surface area contributed by atoms with Gasteiger partial charge in [0.25, 0.3) is 0 Å². The van der Waals surface area contributed by atoms with Crippen LogP contribution >= 0.6 is 0 Å². The van der Waals surface area contributed by atoms with Crippen molar-refractivity contribution >= 4 is 0 Å². The zero-order valence-electron chi connectivity index (χ0n) is 11.0. The van der Waals surface area contributed by atoms with Gasteiger partial charge in [-0.2, -0.15) is 22.8 Å². The van der Waals surface area contributed by atoms with Crippen LogP contribution in [0.1, 0.15) is 40.0 Å². The molecular formula is C15H17Cl2Hf-3. The Morgan fingerprint density at radius 3 is 2.50 bits per heavy atom. The Kier molecular flexibility index (Phi) is 6.87. The van der Waals surface area contributed by atoms with Crippen LogP contribution in [-0.4, -0.2) is 0 Å². The van der Waals surface area contributed by atoms with E-state index in [0.29, 0.717) is 5.92 Å². The number of allylic oxidation sites excluding steroid dienone is 8. The molecule has 3 heteroatoms. The molecule has 3 rings (SSSR count). The maximum Gasteiger partial charge on any atom is 0 e. The Labute approximate surface area is 141 Å². The van der Waals surface area contributed by atoms with Crippen LogP contribution in [0.4, 0.5) is 0 Å². The molecule has 18 heavy (non-hydrogen) atoms. The molecular weight excluding hydrogens is 430 g/mol. The molecule has 0 aliphatic heterocycles. The van der Waals surface area contributed by atoms with Crippen molar-refractivity contribution in [3.8, 4) is 0 Å². The standard InChI is InChI=1S/C15H17.2ClH.Hf/c1-9-7-14-10(2)12-5-4-6-13(12)11(3)15(14)8-9;;;/h7,11H,4-6H2,1-3H3;2*1H;/q-1;;;/p-2. The Bertz CT molecular complexity index is 467. The second kappa shape index (κ2) is 6.72. The SMILES string of the molecule is CC1=CC2=C(C)C3=C(CCC3)C(C)C2=[C-]1.[Cl-].[Cl-].[Hf]. The summed E-state index contributed by atoms with van der Waals surface area (Å²) in [5.74, 6) is 0.620. The Morgan fingerprint density at radius 2 is 1.83 bits per heavy atom. The molecule has 0 amide bonds. The molecule has 0 heterocycles. The van der Waals surface area contributed by atoms with Crippen molar-refractivity contribution in [2.45, 2.75) is 40.0 Å². The third-order valence-electron chi connectivity index (χ3n) is 4.06. The number of rotatable bonds is 0. The van der Waals surface area contributed by atoms with Crippen LogP contribution in [0.2, 0.25) is 0 Å². The van der Waals surface area contributed by atoms with Gasteiger partial charge in [-0.1, -0.05) is 31.9 Å². The fraction of sp³-hybridized carbons (Fsp3) is 0.467. The molecule has 98 valence electrons. The van der Waals surface area contributed by atoms with Crippen molar-refractivity contribution in [2.75, 3.05) is 0 Å². The van der Waals surface area contributed by atoms with Crippen molar-refractivity contribution < 1.29 is 50.7 Å². The fourth-order valence-electron chi connectivity index (χ4n) is 3.27. The monoisotopic (exact) mass is 447 g/mol. The van der Waals surface area contributed by atoms with Gasteiger partial charge in [0.05, 0.1) is 0 Å². The first-order chi connectivity index (χ1) is 7.18. The molecule has 0 nitrogen and oxygen atoms in total. The maximum atomic E-state index is 3.53. The number of hydrogen-bond donors (Lipinski definition) is 0. The van der Waals surface area contributed by atoms with E-state index < -0.39 is 0 Å². The first kappa shape index (κ1) is 18.4. The molecule has 1 unspecified atom stereocenters. The average molecular weight is 447 g/mol. The molecule has 0 aromatic heterocycles. The largest absolute Gasteiger partial charge is 1.00 e. The van der Waals surface area contributed by atoms with Gasteiger partial charge in [0, 0.05) is 25.8 Å². The summed E-state index contributed by atoms with van der Waals surface area (Å²) in [6.45, 7) is 6.80. The van der Waals surface area contributed by atoms with E-state index in [4.69, 9.17) is 0 Å². The van der Waals surface area contributed by atoms with E-state index >= 15 is 0 Å². The quantitative estimate of drug-likeness (QED) is 0.302. The summed E-state index contributed by atoms with van der Waals surface area (Å²) in [6.07, 6.45) is 9.81.